The lowest BCUT2D eigenvalue weighted by Gasteiger charge is -2.13. The zero-order valence-corrected chi connectivity index (χ0v) is 20.4. The highest BCUT2D eigenvalue weighted by molar-refractivity contribution is 5.83. The van der Waals surface area contributed by atoms with Crippen LogP contribution in [0, 0.1) is 0 Å². The average Bonchev–Trinajstić information content (AvgIpc) is 3.27. The van der Waals surface area contributed by atoms with E-state index in [1.54, 1.807) is 20.2 Å². The summed E-state index contributed by atoms with van der Waals surface area (Å²) in [6, 6.07) is 12.2. The van der Waals surface area contributed by atoms with Gasteiger partial charge in [-0.15, -0.1) is 0 Å². The van der Waals surface area contributed by atoms with E-state index < -0.39 is 11.7 Å². The summed E-state index contributed by atoms with van der Waals surface area (Å²) in [6.45, 7) is 2.83. The predicted octanol–water partition coefficient (Wildman–Crippen LogP) is 5.45. The molecule has 4 rings (SSSR count). The van der Waals surface area contributed by atoms with Crippen molar-refractivity contribution in [2.45, 2.75) is 32.7 Å². The molecule has 10 heteroatoms. The molecule has 37 heavy (non-hydrogen) atoms. The molecule has 4 aromatic rings. The third-order valence-corrected chi connectivity index (χ3v) is 5.71. The van der Waals surface area contributed by atoms with Crippen LogP contribution in [0.4, 0.5) is 13.2 Å². The van der Waals surface area contributed by atoms with E-state index in [4.69, 9.17) is 14.2 Å². The van der Waals surface area contributed by atoms with Crippen molar-refractivity contribution in [2.24, 2.45) is 0 Å². The molecule has 194 valence electrons. The fourth-order valence-electron chi connectivity index (χ4n) is 3.84. The number of benzene rings is 2. The van der Waals surface area contributed by atoms with Crippen molar-refractivity contribution in [3.63, 3.8) is 0 Å². The third kappa shape index (κ3) is 6.45. The van der Waals surface area contributed by atoms with E-state index in [1.165, 1.54) is 12.1 Å². The summed E-state index contributed by atoms with van der Waals surface area (Å²) in [6.07, 6.45) is -0.473. The SMILES string of the molecule is CCOC(=O)Cn1ccc2cc(OCc3cnc(-c4ccc(C(F)(F)F)cc4)nc3CCOC)ccc21. The van der Waals surface area contributed by atoms with Gasteiger partial charge in [0.15, 0.2) is 5.82 Å². The number of fused-ring (bicyclic) bond motifs is 1. The van der Waals surface area contributed by atoms with E-state index in [1.807, 2.05) is 35.0 Å². The minimum absolute atomic E-state index is 0.128. The number of rotatable bonds is 10. The van der Waals surface area contributed by atoms with Crippen LogP contribution >= 0.6 is 0 Å². The van der Waals surface area contributed by atoms with Gasteiger partial charge >= 0.3 is 12.1 Å². The molecule has 2 aromatic carbocycles. The van der Waals surface area contributed by atoms with Crippen molar-refractivity contribution >= 4 is 16.9 Å². The van der Waals surface area contributed by atoms with Gasteiger partial charge in [-0.2, -0.15) is 13.2 Å². The topological polar surface area (TPSA) is 75.5 Å². The van der Waals surface area contributed by atoms with Crippen LogP contribution in [0.25, 0.3) is 22.3 Å². The van der Waals surface area contributed by atoms with Crippen LogP contribution in [0.3, 0.4) is 0 Å². The Morgan fingerprint density at radius 1 is 1.08 bits per heavy atom. The molecule has 0 atom stereocenters. The van der Waals surface area contributed by atoms with Gasteiger partial charge in [-0.3, -0.25) is 4.79 Å². The molecular formula is C27H26F3N3O4. The number of hydrogen-bond donors (Lipinski definition) is 0. The summed E-state index contributed by atoms with van der Waals surface area (Å²) in [4.78, 5) is 20.8. The Hall–Kier alpha value is -3.92. The molecule has 7 nitrogen and oxygen atoms in total. The molecule has 0 fully saturated rings. The standard InChI is InChI=1S/C27H26F3N3O4/c1-3-36-25(34)16-33-12-10-19-14-22(8-9-24(19)33)37-17-20-15-31-26(32-23(20)11-13-35-2)18-4-6-21(7-5-18)27(28,29)30/h4-10,12,14-15H,3,11,13,16-17H2,1-2H3. The molecule has 0 aliphatic heterocycles. The second-order valence-corrected chi connectivity index (χ2v) is 8.24. The number of aromatic nitrogens is 3. The maximum Gasteiger partial charge on any atom is 0.416 e. The number of halogens is 3. The quantitative estimate of drug-likeness (QED) is 0.263. The molecule has 0 aliphatic carbocycles. The summed E-state index contributed by atoms with van der Waals surface area (Å²) in [5.74, 6) is 0.655. The van der Waals surface area contributed by atoms with Crippen LogP contribution in [0.5, 0.6) is 5.75 Å². The van der Waals surface area contributed by atoms with Crippen molar-refractivity contribution in [3.05, 3.63) is 77.7 Å². The Labute approximate surface area is 211 Å². The zero-order chi connectivity index (χ0) is 26.4. The molecule has 0 radical (unpaired) electrons. The Morgan fingerprint density at radius 3 is 2.57 bits per heavy atom. The summed E-state index contributed by atoms with van der Waals surface area (Å²) >= 11 is 0. The number of nitrogens with zero attached hydrogens (tertiary/aromatic N) is 3. The molecule has 0 aliphatic rings. The lowest BCUT2D eigenvalue weighted by molar-refractivity contribution is -0.143. The van der Waals surface area contributed by atoms with Crippen LogP contribution in [0.1, 0.15) is 23.7 Å². The Balaban J connectivity index is 1.50. The van der Waals surface area contributed by atoms with E-state index in [2.05, 4.69) is 9.97 Å². The van der Waals surface area contributed by atoms with E-state index in [9.17, 15) is 18.0 Å². The van der Waals surface area contributed by atoms with Gasteiger partial charge in [-0.25, -0.2) is 9.97 Å². The minimum atomic E-state index is -4.41. The fourth-order valence-corrected chi connectivity index (χ4v) is 3.84. The van der Waals surface area contributed by atoms with Crippen molar-refractivity contribution in [2.75, 3.05) is 20.3 Å². The lowest BCUT2D eigenvalue weighted by atomic mass is 10.1. The van der Waals surface area contributed by atoms with E-state index in [-0.39, 0.29) is 19.1 Å². The largest absolute Gasteiger partial charge is 0.489 e. The van der Waals surface area contributed by atoms with Gasteiger partial charge in [0.05, 0.1) is 24.5 Å². The maximum atomic E-state index is 12.9. The van der Waals surface area contributed by atoms with Crippen LogP contribution in [0.15, 0.2) is 60.9 Å². The molecule has 2 aromatic heterocycles. The summed E-state index contributed by atoms with van der Waals surface area (Å²) in [5, 5.41) is 0.912. The fraction of sp³-hybridized carbons (Fsp3) is 0.296. The number of carbonyl (C=O) groups excluding carboxylic acids is 1. The van der Waals surface area contributed by atoms with E-state index in [0.717, 1.165) is 28.6 Å². The highest BCUT2D eigenvalue weighted by Crippen LogP contribution is 2.30. The van der Waals surface area contributed by atoms with E-state index in [0.29, 0.717) is 42.5 Å². The summed E-state index contributed by atoms with van der Waals surface area (Å²) < 4.78 is 56.7. The second-order valence-electron chi connectivity index (χ2n) is 8.24. The van der Waals surface area contributed by atoms with Crippen molar-refractivity contribution in [1.29, 1.82) is 0 Å². The van der Waals surface area contributed by atoms with Crippen LogP contribution in [-0.4, -0.2) is 40.8 Å². The van der Waals surface area contributed by atoms with Gasteiger partial charge in [-0.05, 0) is 43.3 Å². The molecule has 0 amide bonds. The molecule has 0 saturated carbocycles. The zero-order valence-electron chi connectivity index (χ0n) is 20.4. The van der Waals surface area contributed by atoms with Gasteiger partial charge in [-0.1, -0.05) is 12.1 Å². The molecule has 0 spiro atoms. The predicted molar refractivity (Wildman–Crippen MR) is 131 cm³/mol. The summed E-state index contributed by atoms with van der Waals surface area (Å²) in [5.41, 5.74) is 2.07. The molecule has 0 saturated heterocycles. The second kappa shape index (κ2) is 11.4. The van der Waals surface area contributed by atoms with Crippen LogP contribution in [0.2, 0.25) is 0 Å². The normalized spacial score (nSPS) is 11.6. The highest BCUT2D eigenvalue weighted by Gasteiger charge is 2.30. The number of carbonyl (C=O) groups is 1. The maximum absolute atomic E-state index is 12.9. The number of ether oxygens (including phenoxy) is 3. The number of alkyl halides is 3. The average molecular weight is 514 g/mol. The van der Waals surface area contributed by atoms with Crippen LogP contribution < -0.4 is 4.74 Å². The molecule has 2 heterocycles. The summed E-state index contributed by atoms with van der Waals surface area (Å²) in [7, 11) is 1.58. The Kier molecular flexibility index (Phi) is 8.08. The smallest absolute Gasteiger partial charge is 0.416 e. The first-order valence-electron chi connectivity index (χ1n) is 11.7. The molecule has 0 bridgehead atoms. The first kappa shape index (κ1) is 26.2. The lowest BCUT2D eigenvalue weighted by Crippen LogP contribution is -2.12. The Morgan fingerprint density at radius 2 is 1.86 bits per heavy atom. The van der Waals surface area contributed by atoms with Gasteiger partial charge in [0.2, 0.25) is 0 Å². The van der Waals surface area contributed by atoms with Crippen molar-refractivity contribution < 1.29 is 32.2 Å². The van der Waals surface area contributed by atoms with Gasteiger partial charge in [0.25, 0.3) is 0 Å². The highest BCUT2D eigenvalue weighted by atomic mass is 19.4. The minimum Gasteiger partial charge on any atom is -0.489 e. The molecule has 0 unspecified atom stereocenters. The van der Waals surface area contributed by atoms with Gasteiger partial charge in [0, 0.05) is 48.0 Å². The molecular weight excluding hydrogens is 487 g/mol. The number of methoxy groups -OCH3 is 1. The van der Waals surface area contributed by atoms with Crippen LogP contribution in [-0.2, 0) is 40.0 Å². The first-order valence-corrected chi connectivity index (χ1v) is 11.7. The van der Waals surface area contributed by atoms with E-state index >= 15 is 0 Å². The number of esters is 1. The third-order valence-electron chi connectivity index (χ3n) is 5.71. The first-order chi connectivity index (χ1) is 17.8. The monoisotopic (exact) mass is 513 g/mol. The van der Waals surface area contributed by atoms with Crippen molar-refractivity contribution in [3.8, 4) is 17.1 Å². The Bertz CT molecular complexity index is 1370. The van der Waals surface area contributed by atoms with Gasteiger partial charge in [0.1, 0.15) is 18.9 Å². The van der Waals surface area contributed by atoms with Crippen molar-refractivity contribution in [1.82, 2.24) is 14.5 Å². The number of hydrogen-bond acceptors (Lipinski definition) is 6. The molecule has 0 N–H and O–H groups in total. The van der Waals surface area contributed by atoms with Gasteiger partial charge < -0.3 is 18.8 Å².